The number of nitrogens with zero attached hydrogens (tertiary/aromatic N) is 1. The number of hydrogen-bond acceptors (Lipinski definition) is 6. The molecule has 0 aromatic carbocycles. The minimum Gasteiger partial charge on any atom is -0.480 e. The largest absolute Gasteiger partial charge is 0.480 e. The van der Waals surface area contributed by atoms with Crippen molar-refractivity contribution < 1.29 is 39.6 Å². The van der Waals surface area contributed by atoms with E-state index in [9.17, 15) is 19.2 Å². The summed E-state index contributed by atoms with van der Waals surface area (Å²) in [5.41, 5.74) is 4.11. The molecule has 0 atom stereocenters. The molecule has 0 spiro atoms. The summed E-state index contributed by atoms with van der Waals surface area (Å²) in [5, 5.41) is 35.4. The van der Waals surface area contributed by atoms with Crippen molar-refractivity contribution >= 4 is 29.6 Å². The summed E-state index contributed by atoms with van der Waals surface area (Å²) in [6.07, 6.45) is 0. The summed E-state index contributed by atoms with van der Waals surface area (Å²) in [6, 6.07) is 1.86. The lowest BCUT2D eigenvalue weighted by atomic mass is 10.0. The number of anilines is 1. The molecule has 112 valence electrons. The summed E-state index contributed by atoms with van der Waals surface area (Å²) >= 11 is 0. The monoisotopic (exact) mass is 298 g/mol. The van der Waals surface area contributed by atoms with Gasteiger partial charge in [-0.1, -0.05) is 0 Å². The van der Waals surface area contributed by atoms with Gasteiger partial charge < -0.3 is 26.2 Å². The van der Waals surface area contributed by atoms with Crippen LogP contribution in [0, 0.1) is 0 Å². The molecule has 10 heteroatoms. The molecule has 0 bridgehead atoms. The van der Waals surface area contributed by atoms with E-state index in [0.29, 0.717) is 0 Å². The van der Waals surface area contributed by atoms with Crippen molar-refractivity contribution in [1.82, 2.24) is 4.98 Å². The number of rotatable bonds is 6. The van der Waals surface area contributed by atoms with Gasteiger partial charge in [0.25, 0.3) is 0 Å². The highest BCUT2D eigenvalue weighted by Gasteiger charge is 2.34. The average molecular weight is 298 g/mol. The number of hydrogen-bond donors (Lipinski definition) is 5. The molecule has 6 N–H and O–H groups in total. The molecule has 1 aromatic heterocycles. The van der Waals surface area contributed by atoms with Crippen LogP contribution < -0.4 is 5.73 Å². The first-order valence-corrected chi connectivity index (χ1v) is 5.33. The van der Waals surface area contributed by atoms with Gasteiger partial charge in [-0.3, -0.25) is 24.2 Å². The number of carboxylic acids is 4. The van der Waals surface area contributed by atoms with Gasteiger partial charge in [-0.05, 0) is 12.1 Å². The van der Waals surface area contributed by atoms with E-state index in [1.54, 1.807) is 0 Å². The van der Waals surface area contributed by atoms with Crippen molar-refractivity contribution in [3.8, 4) is 0 Å². The van der Waals surface area contributed by atoms with Gasteiger partial charge in [0.05, 0.1) is 11.4 Å². The molecule has 0 saturated carbocycles. The Morgan fingerprint density at radius 1 is 0.810 bits per heavy atom. The van der Waals surface area contributed by atoms with Gasteiger partial charge in [0.15, 0.2) is 11.8 Å². The zero-order valence-corrected chi connectivity index (χ0v) is 10.3. The number of pyridine rings is 1. The highest BCUT2D eigenvalue weighted by molar-refractivity contribution is 6.00. The summed E-state index contributed by atoms with van der Waals surface area (Å²) in [6.45, 7) is 0. The Morgan fingerprint density at radius 2 is 1.10 bits per heavy atom. The predicted molar refractivity (Wildman–Crippen MR) is 64.7 cm³/mol. The second-order valence-electron chi connectivity index (χ2n) is 3.97. The van der Waals surface area contributed by atoms with E-state index in [1.807, 2.05) is 0 Å². The zero-order chi connectivity index (χ0) is 16.3. The second-order valence-corrected chi connectivity index (χ2v) is 3.97. The third-order valence-corrected chi connectivity index (χ3v) is 2.47. The zero-order valence-electron chi connectivity index (χ0n) is 10.3. The van der Waals surface area contributed by atoms with E-state index in [-0.39, 0.29) is 5.69 Å². The van der Waals surface area contributed by atoms with Crippen LogP contribution in [0.15, 0.2) is 12.1 Å². The molecule has 1 heterocycles. The van der Waals surface area contributed by atoms with Gasteiger partial charge in [-0.2, -0.15) is 0 Å². The van der Waals surface area contributed by atoms with Gasteiger partial charge in [-0.15, -0.1) is 0 Å². The Balaban J connectivity index is 3.46. The summed E-state index contributed by atoms with van der Waals surface area (Å²) < 4.78 is 0. The predicted octanol–water partition coefficient (Wildman–Crippen LogP) is -0.831. The van der Waals surface area contributed by atoms with E-state index in [2.05, 4.69) is 4.98 Å². The third kappa shape index (κ3) is 3.43. The smallest absolute Gasteiger partial charge is 0.324 e. The second kappa shape index (κ2) is 5.86. The lowest BCUT2D eigenvalue weighted by molar-refractivity contribution is -0.151. The maximum absolute atomic E-state index is 10.9. The minimum atomic E-state index is -2.09. The van der Waals surface area contributed by atoms with Crippen LogP contribution in [0.4, 0.5) is 5.69 Å². The standard InChI is InChI=1S/C11H10N2O8/c12-3-1-4(6(8(14)15)9(16)17)13-5(2-3)7(10(18)19)11(20)21/h1-2,6-7H,(H2,12,13)(H,14,15)(H,16,17)(H,18,19)(H,20,21). The lowest BCUT2D eigenvalue weighted by Crippen LogP contribution is -2.26. The van der Waals surface area contributed by atoms with Crippen molar-refractivity contribution in [2.75, 3.05) is 5.73 Å². The fourth-order valence-corrected chi connectivity index (χ4v) is 1.61. The number of aromatic nitrogens is 1. The molecule has 0 amide bonds. The Morgan fingerprint density at radius 3 is 1.33 bits per heavy atom. The van der Waals surface area contributed by atoms with E-state index in [0.717, 1.165) is 12.1 Å². The van der Waals surface area contributed by atoms with Crippen molar-refractivity contribution in [2.45, 2.75) is 11.8 Å². The van der Waals surface area contributed by atoms with Crippen LogP contribution >= 0.6 is 0 Å². The maximum atomic E-state index is 10.9. The molecule has 10 nitrogen and oxygen atoms in total. The molecular formula is C11H10N2O8. The molecule has 0 aliphatic heterocycles. The summed E-state index contributed by atoms with van der Waals surface area (Å²) in [5.74, 6) is -11.1. The fraction of sp³-hybridized carbons (Fsp3) is 0.182. The lowest BCUT2D eigenvalue weighted by Gasteiger charge is -2.12. The normalized spacial score (nSPS) is 10.6. The highest BCUT2D eigenvalue weighted by Crippen LogP contribution is 2.23. The molecule has 0 fully saturated rings. The fourth-order valence-electron chi connectivity index (χ4n) is 1.61. The number of carbonyl (C=O) groups is 4. The summed E-state index contributed by atoms with van der Waals surface area (Å²) in [4.78, 5) is 47.1. The average Bonchev–Trinajstić information content (AvgIpc) is 2.25. The van der Waals surface area contributed by atoms with Gasteiger partial charge >= 0.3 is 23.9 Å². The minimum absolute atomic E-state index is 0.199. The van der Waals surface area contributed by atoms with Gasteiger partial charge in [0.1, 0.15) is 0 Å². The Labute approximate surface area is 116 Å². The SMILES string of the molecule is Nc1cc(C(C(=O)O)C(=O)O)nc(C(C(=O)O)C(=O)O)c1. The van der Waals surface area contributed by atoms with Crippen molar-refractivity contribution in [3.05, 3.63) is 23.5 Å². The van der Waals surface area contributed by atoms with Crippen LogP contribution in [0.2, 0.25) is 0 Å². The van der Waals surface area contributed by atoms with Crippen LogP contribution in [0.3, 0.4) is 0 Å². The Kier molecular flexibility index (Phi) is 4.43. The quantitative estimate of drug-likeness (QED) is 0.414. The van der Waals surface area contributed by atoms with Crippen LogP contribution in [0.5, 0.6) is 0 Å². The van der Waals surface area contributed by atoms with E-state index in [4.69, 9.17) is 26.2 Å². The van der Waals surface area contributed by atoms with Crippen LogP contribution in [0.25, 0.3) is 0 Å². The Hall–Kier alpha value is -3.17. The summed E-state index contributed by atoms with van der Waals surface area (Å²) in [7, 11) is 0. The third-order valence-electron chi connectivity index (χ3n) is 2.47. The molecule has 0 unspecified atom stereocenters. The Bertz CT molecular complexity index is 548. The van der Waals surface area contributed by atoms with Gasteiger partial charge in [-0.25, -0.2) is 0 Å². The van der Waals surface area contributed by atoms with Gasteiger partial charge in [0, 0.05) is 5.69 Å². The molecule has 21 heavy (non-hydrogen) atoms. The van der Waals surface area contributed by atoms with Crippen LogP contribution in [-0.4, -0.2) is 49.3 Å². The number of carboxylic acid groups (broad SMARTS) is 4. The van der Waals surface area contributed by atoms with Crippen molar-refractivity contribution in [1.29, 1.82) is 0 Å². The molecule has 0 saturated heterocycles. The van der Waals surface area contributed by atoms with E-state index < -0.39 is 47.1 Å². The molecule has 0 radical (unpaired) electrons. The van der Waals surface area contributed by atoms with Crippen molar-refractivity contribution in [3.63, 3.8) is 0 Å². The van der Waals surface area contributed by atoms with Crippen LogP contribution in [-0.2, 0) is 19.2 Å². The highest BCUT2D eigenvalue weighted by atomic mass is 16.4. The first-order chi connectivity index (χ1) is 9.65. The number of nitrogens with two attached hydrogens (primary N) is 1. The van der Waals surface area contributed by atoms with Crippen molar-refractivity contribution in [2.24, 2.45) is 0 Å². The first-order valence-electron chi connectivity index (χ1n) is 5.33. The molecular weight excluding hydrogens is 288 g/mol. The first kappa shape index (κ1) is 15.9. The molecule has 0 aliphatic carbocycles. The van der Waals surface area contributed by atoms with Gasteiger partial charge in [0.2, 0.25) is 0 Å². The molecule has 1 rings (SSSR count). The number of aliphatic carboxylic acids is 4. The molecule has 0 aliphatic rings. The van der Waals surface area contributed by atoms with Crippen LogP contribution in [0.1, 0.15) is 23.2 Å². The van der Waals surface area contributed by atoms with E-state index in [1.165, 1.54) is 0 Å². The molecule has 1 aromatic rings. The maximum Gasteiger partial charge on any atom is 0.324 e. The number of nitrogen functional groups attached to an aromatic ring is 1. The van der Waals surface area contributed by atoms with E-state index >= 15 is 0 Å². The topological polar surface area (TPSA) is 188 Å².